The Morgan fingerprint density at radius 2 is 1.95 bits per heavy atom. The van der Waals surface area contributed by atoms with Crippen molar-refractivity contribution in [2.24, 2.45) is 0 Å². The van der Waals surface area contributed by atoms with Gasteiger partial charge in [-0.2, -0.15) is 4.31 Å². The van der Waals surface area contributed by atoms with Crippen LogP contribution in [0.15, 0.2) is 12.1 Å². The first-order chi connectivity index (χ1) is 10.2. The molecule has 2 N–H and O–H groups in total. The van der Waals surface area contributed by atoms with E-state index in [1.807, 2.05) is 0 Å². The van der Waals surface area contributed by atoms with E-state index in [1.165, 1.54) is 6.07 Å². The Hall–Kier alpha value is -1.93. The molecule has 1 heterocycles. The molecule has 2 rings (SSSR count). The van der Waals surface area contributed by atoms with Gasteiger partial charge in [-0.1, -0.05) is 6.07 Å². The third-order valence-corrected chi connectivity index (χ3v) is 5.50. The van der Waals surface area contributed by atoms with Crippen LogP contribution in [-0.2, 0) is 14.8 Å². The van der Waals surface area contributed by atoms with E-state index in [0.717, 1.165) is 9.87 Å². The standard InChI is InChI=1S/C14H18N2O5S/c1-9-6-10(2)12(7-11(9)14(18)19)15-13(17)8-16-4-3-5-22(16,20)21/h6-7H,3-5,8H2,1-2H3,(H,15,17)(H,18,19). The number of carboxylic acid groups (broad SMARTS) is 1. The zero-order valence-corrected chi connectivity index (χ0v) is 13.2. The Morgan fingerprint density at radius 3 is 2.50 bits per heavy atom. The predicted molar refractivity (Wildman–Crippen MR) is 81.5 cm³/mol. The number of sulfonamides is 1. The SMILES string of the molecule is Cc1cc(C)c(C(=O)O)cc1NC(=O)CN1CCCS1(=O)=O. The minimum atomic E-state index is -3.33. The molecule has 0 spiro atoms. The molecule has 1 fully saturated rings. The zero-order chi connectivity index (χ0) is 16.5. The maximum absolute atomic E-state index is 12.0. The van der Waals surface area contributed by atoms with Crippen LogP contribution in [0, 0.1) is 13.8 Å². The van der Waals surface area contributed by atoms with E-state index < -0.39 is 21.9 Å². The summed E-state index contributed by atoms with van der Waals surface area (Å²) >= 11 is 0. The van der Waals surface area contributed by atoms with Crippen LogP contribution in [-0.4, -0.2) is 48.5 Å². The van der Waals surface area contributed by atoms with Crippen LogP contribution < -0.4 is 5.32 Å². The fraction of sp³-hybridized carbons (Fsp3) is 0.429. The fourth-order valence-corrected chi connectivity index (χ4v) is 3.91. The van der Waals surface area contributed by atoms with Gasteiger partial charge < -0.3 is 10.4 Å². The fourth-order valence-electron chi connectivity index (χ4n) is 2.44. The number of rotatable bonds is 4. The molecule has 120 valence electrons. The van der Waals surface area contributed by atoms with Gasteiger partial charge in [0.2, 0.25) is 15.9 Å². The van der Waals surface area contributed by atoms with Gasteiger partial charge in [0, 0.05) is 12.2 Å². The molecule has 0 aliphatic carbocycles. The number of nitrogens with one attached hydrogen (secondary N) is 1. The summed E-state index contributed by atoms with van der Waals surface area (Å²) in [6.45, 7) is 3.51. The van der Waals surface area contributed by atoms with Crippen LogP contribution in [0.5, 0.6) is 0 Å². The Labute approximate surface area is 129 Å². The Bertz CT molecular complexity index is 727. The van der Waals surface area contributed by atoms with Crippen molar-refractivity contribution in [3.8, 4) is 0 Å². The molecule has 1 aromatic carbocycles. The number of benzene rings is 1. The number of nitrogens with zero attached hydrogens (tertiary/aromatic N) is 1. The summed E-state index contributed by atoms with van der Waals surface area (Å²) in [6, 6.07) is 3.06. The van der Waals surface area contributed by atoms with Gasteiger partial charge in [0.05, 0.1) is 17.9 Å². The maximum atomic E-state index is 12.0. The number of aryl methyl sites for hydroxylation is 2. The molecule has 22 heavy (non-hydrogen) atoms. The molecule has 0 bridgehead atoms. The topological polar surface area (TPSA) is 104 Å². The largest absolute Gasteiger partial charge is 0.478 e. The second kappa shape index (κ2) is 6.05. The first-order valence-electron chi connectivity index (χ1n) is 6.83. The average Bonchev–Trinajstić information content (AvgIpc) is 2.71. The van der Waals surface area contributed by atoms with E-state index in [0.29, 0.717) is 24.2 Å². The summed E-state index contributed by atoms with van der Waals surface area (Å²) in [5, 5.41) is 11.7. The Morgan fingerprint density at radius 1 is 1.27 bits per heavy atom. The number of anilines is 1. The van der Waals surface area contributed by atoms with Crippen LogP contribution in [0.3, 0.4) is 0 Å². The van der Waals surface area contributed by atoms with Gasteiger partial charge >= 0.3 is 5.97 Å². The second-order valence-electron chi connectivity index (χ2n) is 5.34. The van der Waals surface area contributed by atoms with Gasteiger partial charge in [-0.25, -0.2) is 13.2 Å². The number of carbonyl (C=O) groups is 2. The highest BCUT2D eigenvalue weighted by atomic mass is 32.2. The molecule has 0 aromatic heterocycles. The molecule has 0 unspecified atom stereocenters. The third kappa shape index (κ3) is 3.45. The van der Waals surface area contributed by atoms with Gasteiger partial charge in [0.25, 0.3) is 0 Å². The van der Waals surface area contributed by atoms with E-state index in [2.05, 4.69) is 5.32 Å². The highest BCUT2D eigenvalue weighted by Crippen LogP contribution is 2.21. The molecule has 0 atom stereocenters. The summed E-state index contributed by atoms with van der Waals surface area (Å²) in [5.74, 6) is -1.49. The predicted octanol–water partition coefficient (Wildman–Crippen LogP) is 0.976. The highest BCUT2D eigenvalue weighted by Gasteiger charge is 2.29. The minimum Gasteiger partial charge on any atom is -0.478 e. The molecule has 8 heteroatoms. The van der Waals surface area contributed by atoms with Gasteiger partial charge in [0.1, 0.15) is 0 Å². The van der Waals surface area contributed by atoms with Gasteiger partial charge in [-0.3, -0.25) is 4.79 Å². The molecule has 1 amide bonds. The van der Waals surface area contributed by atoms with Crippen LogP contribution in [0.4, 0.5) is 5.69 Å². The third-order valence-electron chi connectivity index (χ3n) is 3.60. The lowest BCUT2D eigenvalue weighted by molar-refractivity contribution is -0.116. The van der Waals surface area contributed by atoms with Gasteiger partial charge in [-0.05, 0) is 37.5 Å². The molecule has 1 aromatic rings. The lowest BCUT2D eigenvalue weighted by Gasteiger charge is -2.15. The monoisotopic (exact) mass is 326 g/mol. The van der Waals surface area contributed by atoms with Gasteiger partial charge in [-0.15, -0.1) is 0 Å². The molecule has 7 nitrogen and oxygen atoms in total. The Kier molecular flexibility index (Phi) is 4.52. The minimum absolute atomic E-state index is 0.0625. The molecular weight excluding hydrogens is 308 g/mol. The first kappa shape index (κ1) is 16.4. The van der Waals surface area contributed by atoms with Gasteiger partial charge in [0.15, 0.2) is 0 Å². The summed E-state index contributed by atoms with van der Waals surface area (Å²) < 4.78 is 24.5. The number of carbonyl (C=O) groups excluding carboxylic acids is 1. The smallest absolute Gasteiger partial charge is 0.336 e. The lowest BCUT2D eigenvalue weighted by Crippen LogP contribution is -2.34. The van der Waals surface area contributed by atoms with E-state index >= 15 is 0 Å². The number of hydrogen-bond acceptors (Lipinski definition) is 4. The molecule has 1 saturated heterocycles. The number of hydrogen-bond donors (Lipinski definition) is 2. The molecule has 1 aliphatic heterocycles. The van der Waals surface area contributed by atoms with Crippen LogP contribution in [0.25, 0.3) is 0 Å². The maximum Gasteiger partial charge on any atom is 0.336 e. The molecular formula is C14H18N2O5S. The van der Waals surface area contributed by atoms with Crippen LogP contribution >= 0.6 is 0 Å². The first-order valence-corrected chi connectivity index (χ1v) is 8.44. The van der Waals surface area contributed by atoms with Crippen molar-refractivity contribution >= 4 is 27.6 Å². The summed E-state index contributed by atoms with van der Waals surface area (Å²) in [5.41, 5.74) is 1.81. The quantitative estimate of drug-likeness (QED) is 0.858. The van der Waals surface area contributed by atoms with E-state index in [9.17, 15) is 18.0 Å². The number of aromatic carboxylic acids is 1. The number of amides is 1. The number of carboxylic acids is 1. The molecule has 0 radical (unpaired) electrons. The van der Waals surface area contributed by atoms with Crippen molar-refractivity contribution in [2.45, 2.75) is 20.3 Å². The van der Waals surface area contributed by atoms with Crippen LogP contribution in [0.2, 0.25) is 0 Å². The molecule has 0 saturated carbocycles. The van der Waals surface area contributed by atoms with Crippen LogP contribution in [0.1, 0.15) is 27.9 Å². The summed E-state index contributed by atoms with van der Waals surface area (Å²) in [7, 11) is -3.33. The average molecular weight is 326 g/mol. The van der Waals surface area contributed by atoms with Crippen molar-refractivity contribution in [3.63, 3.8) is 0 Å². The van der Waals surface area contributed by atoms with Crippen molar-refractivity contribution in [3.05, 3.63) is 28.8 Å². The second-order valence-corrected chi connectivity index (χ2v) is 7.43. The Balaban J connectivity index is 2.15. The van der Waals surface area contributed by atoms with Crippen molar-refractivity contribution in [2.75, 3.05) is 24.2 Å². The zero-order valence-electron chi connectivity index (χ0n) is 12.4. The van der Waals surface area contributed by atoms with E-state index in [-0.39, 0.29) is 17.9 Å². The van der Waals surface area contributed by atoms with Crippen molar-refractivity contribution in [1.29, 1.82) is 0 Å². The van der Waals surface area contributed by atoms with E-state index in [1.54, 1.807) is 19.9 Å². The summed E-state index contributed by atoms with van der Waals surface area (Å²) in [6.07, 6.45) is 0.516. The highest BCUT2D eigenvalue weighted by molar-refractivity contribution is 7.89. The lowest BCUT2D eigenvalue weighted by atomic mass is 10.0. The van der Waals surface area contributed by atoms with E-state index in [4.69, 9.17) is 5.11 Å². The normalized spacial score (nSPS) is 17.4. The van der Waals surface area contributed by atoms with Crippen molar-refractivity contribution < 1.29 is 23.1 Å². The molecule has 1 aliphatic rings. The summed E-state index contributed by atoms with van der Waals surface area (Å²) in [4.78, 5) is 23.1. The van der Waals surface area contributed by atoms with Crippen molar-refractivity contribution in [1.82, 2.24) is 4.31 Å².